The number of likely N-dealkylation sites (tertiary alicyclic amines) is 1. The van der Waals surface area contributed by atoms with Gasteiger partial charge in [0.25, 0.3) is 0 Å². The van der Waals surface area contributed by atoms with Gasteiger partial charge in [-0.15, -0.1) is 0 Å². The fourth-order valence-corrected chi connectivity index (χ4v) is 3.74. The number of carbonyl (C=O) groups excluding carboxylic acids is 1. The zero-order valence-electron chi connectivity index (χ0n) is 13.3. The van der Waals surface area contributed by atoms with Crippen molar-refractivity contribution >= 4 is 17.7 Å². The molecule has 0 aromatic heterocycles. The van der Waals surface area contributed by atoms with Crippen molar-refractivity contribution in [2.45, 2.75) is 51.1 Å². The van der Waals surface area contributed by atoms with Crippen LogP contribution < -0.4 is 5.73 Å². The zero-order chi connectivity index (χ0) is 15.0. The lowest BCUT2D eigenvalue weighted by Gasteiger charge is -2.35. The molecule has 0 aliphatic carbocycles. The van der Waals surface area contributed by atoms with Gasteiger partial charge >= 0.3 is 0 Å². The highest BCUT2D eigenvalue weighted by molar-refractivity contribution is 7.98. The number of thioether (sulfide) groups is 1. The predicted octanol–water partition coefficient (Wildman–Crippen LogP) is 1.79. The van der Waals surface area contributed by atoms with E-state index in [1.807, 2.05) is 16.7 Å². The molecule has 20 heavy (non-hydrogen) atoms. The topological polar surface area (TPSA) is 49.6 Å². The van der Waals surface area contributed by atoms with Crippen LogP contribution in [-0.4, -0.2) is 66.5 Å². The summed E-state index contributed by atoms with van der Waals surface area (Å²) in [6.07, 6.45) is 7.37. The minimum atomic E-state index is 0.168. The maximum atomic E-state index is 12.4. The highest BCUT2D eigenvalue weighted by Gasteiger charge is 2.25. The lowest BCUT2D eigenvalue weighted by Crippen LogP contribution is -2.48. The van der Waals surface area contributed by atoms with Crippen molar-refractivity contribution in [1.82, 2.24) is 9.80 Å². The van der Waals surface area contributed by atoms with Crippen LogP contribution in [0.3, 0.4) is 0 Å². The summed E-state index contributed by atoms with van der Waals surface area (Å²) < 4.78 is 0. The van der Waals surface area contributed by atoms with E-state index in [1.165, 1.54) is 6.42 Å². The second kappa shape index (κ2) is 9.64. The average Bonchev–Trinajstić information content (AvgIpc) is 2.50. The molecule has 0 saturated carbocycles. The van der Waals surface area contributed by atoms with Gasteiger partial charge < -0.3 is 10.6 Å². The molecule has 1 heterocycles. The molecule has 0 aromatic rings. The quantitative estimate of drug-likeness (QED) is 0.742. The first-order valence-corrected chi connectivity index (χ1v) is 9.22. The van der Waals surface area contributed by atoms with Gasteiger partial charge in [0.1, 0.15) is 0 Å². The number of nitrogens with two attached hydrogens (primary N) is 1. The predicted molar refractivity (Wildman–Crippen MR) is 88.1 cm³/mol. The first kappa shape index (κ1) is 17.8. The molecule has 0 radical (unpaired) electrons. The van der Waals surface area contributed by atoms with Gasteiger partial charge in [-0.1, -0.05) is 6.92 Å². The van der Waals surface area contributed by atoms with Crippen LogP contribution in [0, 0.1) is 0 Å². The molecule has 2 N–H and O–H groups in total. The van der Waals surface area contributed by atoms with E-state index < -0.39 is 0 Å². The molecule has 0 spiro atoms. The molecule has 2 atom stereocenters. The number of nitrogens with zero attached hydrogens (tertiary/aromatic N) is 2. The molecule has 0 bridgehead atoms. The van der Waals surface area contributed by atoms with E-state index in [2.05, 4.69) is 25.1 Å². The Morgan fingerprint density at radius 1 is 1.30 bits per heavy atom. The SMILES string of the molecule is CCC(CSC)N(C)C(CN)CC(=O)N1CCCCC1. The summed E-state index contributed by atoms with van der Waals surface area (Å²) >= 11 is 1.86. The third-order valence-electron chi connectivity index (χ3n) is 4.37. The Morgan fingerprint density at radius 2 is 1.95 bits per heavy atom. The maximum Gasteiger partial charge on any atom is 0.224 e. The number of hydrogen-bond acceptors (Lipinski definition) is 4. The number of carbonyl (C=O) groups is 1. The fraction of sp³-hybridized carbons (Fsp3) is 0.933. The summed E-state index contributed by atoms with van der Waals surface area (Å²) in [7, 11) is 2.12. The van der Waals surface area contributed by atoms with Crippen LogP contribution in [0.2, 0.25) is 0 Å². The van der Waals surface area contributed by atoms with Crippen LogP contribution in [0.1, 0.15) is 39.0 Å². The summed E-state index contributed by atoms with van der Waals surface area (Å²) in [5, 5.41) is 0. The molecule has 1 rings (SSSR count). The second-order valence-corrected chi connectivity index (χ2v) is 6.63. The molecular formula is C15H31N3OS. The number of hydrogen-bond donors (Lipinski definition) is 1. The van der Waals surface area contributed by atoms with Gasteiger partial charge in [-0.2, -0.15) is 11.8 Å². The summed E-state index contributed by atoms with van der Waals surface area (Å²) in [4.78, 5) is 16.7. The molecule has 118 valence electrons. The second-order valence-electron chi connectivity index (χ2n) is 5.72. The number of rotatable bonds is 8. The first-order chi connectivity index (χ1) is 9.63. The minimum Gasteiger partial charge on any atom is -0.343 e. The standard InChI is InChI=1S/C15H31N3OS/c1-4-13(12-20-3)17(2)14(11-16)10-15(19)18-8-6-5-7-9-18/h13-14H,4-12,16H2,1-3H3. The van der Waals surface area contributed by atoms with E-state index in [0.717, 1.165) is 38.1 Å². The Labute approximate surface area is 128 Å². The lowest BCUT2D eigenvalue weighted by atomic mass is 10.1. The summed E-state index contributed by atoms with van der Waals surface area (Å²) in [6.45, 7) is 4.63. The van der Waals surface area contributed by atoms with E-state index in [0.29, 0.717) is 19.0 Å². The number of amides is 1. The molecule has 1 amide bonds. The molecule has 1 saturated heterocycles. The third kappa shape index (κ3) is 5.26. The van der Waals surface area contributed by atoms with Crippen LogP contribution in [-0.2, 0) is 4.79 Å². The summed E-state index contributed by atoms with van der Waals surface area (Å²) in [5.74, 6) is 1.38. The Morgan fingerprint density at radius 3 is 2.45 bits per heavy atom. The Kier molecular flexibility index (Phi) is 8.57. The van der Waals surface area contributed by atoms with Crippen molar-refractivity contribution in [2.75, 3.05) is 38.7 Å². The first-order valence-electron chi connectivity index (χ1n) is 7.82. The van der Waals surface area contributed by atoms with E-state index in [4.69, 9.17) is 5.73 Å². The van der Waals surface area contributed by atoms with Gasteiger partial charge in [0.15, 0.2) is 0 Å². The van der Waals surface area contributed by atoms with E-state index in [-0.39, 0.29) is 11.9 Å². The Bertz CT molecular complexity index is 282. The van der Waals surface area contributed by atoms with Crippen molar-refractivity contribution in [3.8, 4) is 0 Å². The maximum absolute atomic E-state index is 12.4. The molecule has 1 fully saturated rings. The third-order valence-corrected chi connectivity index (χ3v) is 5.09. The van der Waals surface area contributed by atoms with Crippen molar-refractivity contribution in [1.29, 1.82) is 0 Å². The van der Waals surface area contributed by atoms with Gasteiger partial charge in [-0.05, 0) is 39.0 Å². The van der Waals surface area contributed by atoms with E-state index >= 15 is 0 Å². The molecule has 1 aliphatic heterocycles. The molecule has 5 heteroatoms. The van der Waals surface area contributed by atoms with Crippen LogP contribution in [0.25, 0.3) is 0 Å². The van der Waals surface area contributed by atoms with Gasteiger partial charge in [-0.3, -0.25) is 9.69 Å². The molecule has 0 aromatic carbocycles. The van der Waals surface area contributed by atoms with E-state index in [9.17, 15) is 4.79 Å². The highest BCUT2D eigenvalue weighted by Crippen LogP contribution is 2.16. The van der Waals surface area contributed by atoms with Crippen LogP contribution in [0.4, 0.5) is 0 Å². The summed E-state index contributed by atoms with van der Waals surface area (Å²) in [5.41, 5.74) is 5.92. The number of likely N-dealkylation sites (N-methyl/N-ethyl adjacent to an activating group) is 1. The Balaban J connectivity index is 2.53. The van der Waals surface area contributed by atoms with Gasteiger partial charge in [-0.25, -0.2) is 0 Å². The Hall–Kier alpha value is -0.260. The van der Waals surface area contributed by atoms with E-state index in [1.54, 1.807) is 0 Å². The fourth-order valence-electron chi connectivity index (χ4n) is 2.88. The zero-order valence-corrected chi connectivity index (χ0v) is 14.1. The monoisotopic (exact) mass is 301 g/mol. The lowest BCUT2D eigenvalue weighted by molar-refractivity contribution is -0.133. The highest BCUT2D eigenvalue weighted by atomic mass is 32.2. The van der Waals surface area contributed by atoms with Crippen LogP contribution in [0.5, 0.6) is 0 Å². The molecular weight excluding hydrogens is 270 g/mol. The molecule has 4 nitrogen and oxygen atoms in total. The average molecular weight is 302 g/mol. The smallest absolute Gasteiger partial charge is 0.224 e. The van der Waals surface area contributed by atoms with Crippen molar-refractivity contribution in [3.05, 3.63) is 0 Å². The number of piperidine rings is 1. The normalized spacial score (nSPS) is 19.1. The largest absolute Gasteiger partial charge is 0.343 e. The van der Waals surface area contributed by atoms with Crippen molar-refractivity contribution < 1.29 is 4.79 Å². The molecule has 2 unspecified atom stereocenters. The molecule has 1 aliphatic rings. The van der Waals surface area contributed by atoms with Crippen LogP contribution in [0.15, 0.2) is 0 Å². The summed E-state index contributed by atoms with van der Waals surface area (Å²) in [6, 6.07) is 0.675. The van der Waals surface area contributed by atoms with Gasteiger partial charge in [0.05, 0.1) is 0 Å². The minimum absolute atomic E-state index is 0.168. The van der Waals surface area contributed by atoms with Crippen molar-refractivity contribution in [2.24, 2.45) is 5.73 Å². The van der Waals surface area contributed by atoms with Gasteiger partial charge in [0, 0.05) is 43.9 Å². The van der Waals surface area contributed by atoms with Crippen molar-refractivity contribution in [3.63, 3.8) is 0 Å². The van der Waals surface area contributed by atoms with Crippen LogP contribution >= 0.6 is 11.8 Å². The van der Waals surface area contributed by atoms with Gasteiger partial charge in [0.2, 0.25) is 5.91 Å².